The molecule has 0 bridgehead atoms. The van der Waals surface area contributed by atoms with E-state index in [4.69, 9.17) is 0 Å². The first kappa shape index (κ1) is 14.0. The van der Waals surface area contributed by atoms with Crippen molar-refractivity contribution in [2.24, 2.45) is 0 Å². The molecule has 2 aromatic carbocycles. The first-order valence-corrected chi connectivity index (χ1v) is 8.05. The quantitative estimate of drug-likeness (QED) is 0.569. The van der Waals surface area contributed by atoms with Crippen LogP contribution in [0.1, 0.15) is 23.4 Å². The largest absolute Gasteiger partial charge is 0.234 e. The highest BCUT2D eigenvalue weighted by Crippen LogP contribution is 2.31. The van der Waals surface area contributed by atoms with E-state index in [1.165, 1.54) is 11.3 Å². The highest BCUT2D eigenvalue weighted by Gasteiger charge is 2.17. The highest BCUT2D eigenvalue weighted by atomic mass is 32.1. The van der Waals surface area contributed by atoms with Gasteiger partial charge in [-0.1, -0.05) is 60.7 Å². The van der Waals surface area contributed by atoms with Crippen LogP contribution in [0.5, 0.6) is 0 Å². The molecular formula is C17H13FN4S. The molecule has 0 amide bonds. The van der Waals surface area contributed by atoms with Crippen LogP contribution in [-0.2, 0) is 0 Å². The van der Waals surface area contributed by atoms with Crippen molar-refractivity contribution in [1.82, 2.24) is 19.8 Å². The second-order valence-electron chi connectivity index (χ2n) is 5.33. The summed E-state index contributed by atoms with van der Waals surface area (Å²) in [5.74, 6) is -0.218. The summed E-state index contributed by atoms with van der Waals surface area (Å²) in [4.78, 5) is 0.744. The number of fused-ring (bicyclic) bond motifs is 1. The van der Waals surface area contributed by atoms with E-state index in [2.05, 4.69) is 15.3 Å². The fourth-order valence-electron chi connectivity index (χ4n) is 2.55. The predicted octanol–water partition coefficient (Wildman–Crippen LogP) is 4.14. The average Bonchev–Trinajstić information content (AvgIpc) is 3.16. The standard InChI is InChI=1S/C17H13FN4S/c1-11(16-21-22-10-19-20-17(22)23-16)13-7-8-14(15(18)9-13)12-5-3-2-4-6-12/h2-11H,1H3/t11-/m0/s1. The van der Waals surface area contributed by atoms with Gasteiger partial charge < -0.3 is 0 Å². The van der Waals surface area contributed by atoms with E-state index in [9.17, 15) is 4.39 Å². The molecular weight excluding hydrogens is 311 g/mol. The van der Waals surface area contributed by atoms with Crippen LogP contribution in [0.2, 0.25) is 0 Å². The van der Waals surface area contributed by atoms with E-state index in [1.54, 1.807) is 16.9 Å². The first-order chi connectivity index (χ1) is 11.2. The Morgan fingerprint density at radius 3 is 2.70 bits per heavy atom. The Labute approximate surface area is 136 Å². The maximum Gasteiger partial charge on any atom is 0.234 e. The lowest BCUT2D eigenvalue weighted by Crippen LogP contribution is -1.98. The highest BCUT2D eigenvalue weighted by molar-refractivity contribution is 7.16. The Balaban J connectivity index is 1.69. The van der Waals surface area contributed by atoms with Crippen LogP contribution in [-0.4, -0.2) is 19.8 Å². The van der Waals surface area contributed by atoms with Crippen LogP contribution in [0.25, 0.3) is 16.1 Å². The zero-order chi connectivity index (χ0) is 15.8. The molecule has 0 aliphatic heterocycles. The molecule has 4 aromatic rings. The van der Waals surface area contributed by atoms with Gasteiger partial charge in [-0.05, 0) is 17.2 Å². The van der Waals surface area contributed by atoms with E-state index in [-0.39, 0.29) is 11.7 Å². The molecule has 1 atom stereocenters. The predicted molar refractivity (Wildman–Crippen MR) is 88.0 cm³/mol. The summed E-state index contributed by atoms with van der Waals surface area (Å²) in [6, 6.07) is 14.9. The summed E-state index contributed by atoms with van der Waals surface area (Å²) in [6.07, 6.45) is 1.57. The molecule has 2 heterocycles. The van der Waals surface area contributed by atoms with Crippen molar-refractivity contribution in [3.63, 3.8) is 0 Å². The van der Waals surface area contributed by atoms with Crippen LogP contribution in [0.15, 0.2) is 54.9 Å². The van der Waals surface area contributed by atoms with Gasteiger partial charge in [0.2, 0.25) is 4.96 Å². The molecule has 0 radical (unpaired) electrons. The summed E-state index contributed by atoms with van der Waals surface area (Å²) >= 11 is 1.47. The van der Waals surface area contributed by atoms with Gasteiger partial charge >= 0.3 is 0 Å². The number of nitrogens with zero attached hydrogens (tertiary/aromatic N) is 4. The van der Waals surface area contributed by atoms with Crippen molar-refractivity contribution < 1.29 is 4.39 Å². The molecule has 4 rings (SSSR count). The number of rotatable bonds is 3. The number of halogens is 1. The van der Waals surface area contributed by atoms with E-state index in [0.717, 1.165) is 21.1 Å². The molecule has 0 saturated carbocycles. The number of aromatic nitrogens is 4. The van der Waals surface area contributed by atoms with E-state index in [0.29, 0.717) is 5.56 Å². The Morgan fingerprint density at radius 1 is 1.13 bits per heavy atom. The molecule has 0 aliphatic carbocycles. The summed E-state index contributed by atoms with van der Waals surface area (Å²) in [7, 11) is 0. The van der Waals surface area contributed by atoms with Gasteiger partial charge in [-0.3, -0.25) is 0 Å². The first-order valence-electron chi connectivity index (χ1n) is 7.24. The SMILES string of the molecule is C[C@@H](c1ccc(-c2ccccc2)c(F)c1)c1nn2cnnc2s1. The van der Waals surface area contributed by atoms with Crippen LogP contribution >= 0.6 is 11.3 Å². The summed E-state index contributed by atoms with van der Waals surface area (Å²) in [5.41, 5.74) is 2.38. The second-order valence-corrected chi connectivity index (χ2v) is 6.31. The molecule has 0 N–H and O–H groups in total. The van der Waals surface area contributed by atoms with Gasteiger partial charge in [0.1, 0.15) is 17.2 Å². The smallest absolute Gasteiger partial charge is 0.206 e. The lowest BCUT2D eigenvalue weighted by Gasteiger charge is -2.11. The fraction of sp³-hybridized carbons (Fsp3) is 0.118. The van der Waals surface area contributed by atoms with Gasteiger partial charge in [0.25, 0.3) is 0 Å². The van der Waals surface area contributed by atoms with Crippen LogP contribution in [0.4, 0.5) is 4.39 Å². The zero-order valence-corrected chi connectivity index (χ0v) is 13.2. The third kappa shape index (κ3) is 2.51. The van der Waals surface area contributed by atoms with E-state index >= 15 is 0 Å². The Kier molecular flexibility index (Phi) is 3.38. The van der Waals surface area contributed by atoms with Crippen LogP contribution in [0, 0.1) is 5.82 Å². The van der Waals surface area contributed by atoms with Crippen molar-refractivity contribution in [3.05, 3.63) is 71.2 Å². The monoisotopic (exact) mass is 324 g/mol. The second kappa shape index (κ2) is 5.55. The van der Waals surface area contributed by atoms with Crippen molar-refractivity contribution in [2.75, 3.05) is 0 Å². The molecule has 0 saturated heterocycles. The van der Waals surface area contributed by atoms with Gasteiger partial charge in [-0.15, -0.1) is 10.2 Å². The van der Waals surface area contributed by atoms with Gasteiger partial charge in [0.15, 0.2) is 0 Å². The molecule has 6 heteroatoms. The van der Waals surface area contributed by atoms with E-state index in [1.807, 2.05) is 49.4 Å². The lowest BCUT2D eigenvalue weighted by molar-refractivity contribution is 0.627. The average molecular weight is 324 g/mol. The molecule has 23 heavy (non-hydrogen) atoms. The molecule has 2 aromatic heterocycles. The third-order valence-electron chi connectivity index (χ3n) is 3.85. The summed E-state index contributed by atoms with van der Waals surface area (Å²) in [5, 5.41) is 13.1. The third-order valence-corrected chi connectivity index (χ3v) is 4.95. The molecule has 4 nitrogen and oxygen atoms in total. The van der Waals surface area contributed by atoms with Gasteiger partial charge in [-0.25, -0.2) is 4.39 Å². The molecule has 114 valence electrons. The molecule has 0 aliphatic rings. The number of hydrogen-bond acceptors (Lipinski definition) is 4. The van der Waals surface area contributed by atoms with Crippen LogP contribution in [0.3, 0.4) is 0 Å². The van der Waals surface area contributed by atoms with Crippen molar-refractivity contribution in [2.45, 2.75) is 12.8 Å². The Hall–Kier alpha value is -2.60. The number of hydrogen-bond donors (Lipinski definition) is 0. The zero-order valence-electron chi connectivity index (χ0n) is 12.3. The topological polar surface area (TPSA) is 43.1 Å². The Morgan fingerprint density at radius 2 is 1.96 bits per heavy atom. The maximum absolute atomic E-state index is 14.5. The van der Waals surface area contributed by atoms with Gasteiger partial charge in [0, 0.05) is 11.5 Å². The van der Waals surface area contributed by atoms with Gasteiger partial charge in [-0.2, -0.15) is 9.61 Å². The van der Waals surface area contributed by atoms with E-state index < -0.39 is 0 Å². The lowest BCUT2D eigenvalue weighted by atomic mass is 9.97. The normalized spacial score (nSPS) is 12.6. The van der Waals surface area contributed by atoms with Crippen molar-refractivity contribution in [1.29, 1.82) is 0 Å². The molecule has 0 fully saturated rings. The fourth-order valence-corrected chi connectivity index (χ4v) is 3.44. The Bertz CT molecular complexity index is 933. The van der Waals surface area contributed by atoms with Gasteiger partial charge in [0.05, 0.1) is 0 Å². The van der Waals surface area contributed by atoms with Crippen LogP contribution < -0.4 is 0 Å². The van der Waals surface area contributed by atoms with Crippen molar-refractivity contribution in [3.8, 4) is 11.1 Å². The minimum Gasteiger partial charge on any atom is -0.206 e. The summed E-state index contributed by atoms with van der Waals surface area (Å²) in [6.45, 7) is 2.02. The maximum atomic E-state index is 14.5. The number of benzene rings is 2. The minimum absolute atomic E-state index is 0.000948. The van der Waals surface area contributed by atoms with Crippen molar-refractivity contribution >= 4 is 16.3 Å². The minimum atomic E-state index is -0.219. The summed E-state index contributed by atoms with van der Waals surface area (Å²) < 4.78 is 16.2. The molecule has 0 spiro atoms. The molecule has 0 unspecified atom stereocenters.